The number of nitrogens with zero attached hydrogens (tertiary/aromatic N) is 1. The van der Waals surface area contributed by atoms with Crippen molar-refractivity contribution in [2.24, 2.45) is 4.99 Å². The quantitative estimate of drug-likeness (QED) is 0.228. The number of ether oxygens (including phenoxy) is 2. The van der Waals surface area contributed by atoms with Crippen LogP contribution >= 0.6 is 24.0 Å². The predicted molar refractivity (Wildman–Crippen MR) is 96.2 cm³/mol. The molecule has 0 atom stereocenters. The summed E-state index contributed by atoms with van der Waals surface area (Å²) in [4.78, 5) is 4.19. The van der Waals surface area contributed by atoms with E-state index in [4.69, 9.17) is 9.47 Å². The molecule has 0 aromatic carbocycles. The first-order valence-corrected chi connectivity index (χ1v) is 7.36. The van der Waals surface area contributed by atoms with Gasteiger partial charge in [0.05, 0.1) is 13.2 Å². The molecule has 0 aliphatic carbocycles. The van der Waals surface area contributed by atoms with Gasteiger partial charge in [0.25, 0.3) is 0 Å². The van der Waals surface area contributed by atoms with E-state index < -0.39 is 0 Å². The van der Waals surface area contributed by atoms with Crippen molar-refractivity contribution in [3.63, 3.8) is 0 Å². The van der Waals surface area contributed by atoms with Crippen LogP contribution in [0.3, 0.4) is 0 Å². The van der Waals surface area contributed by atoms with Crippen molar-refractivity contribution < 1.29 is 9.47 Å². The lowest BCUT2D eigenvalue weighted by molar-refractivity contribution is 0.0689. The van der Waals surface area contributed by atoms with E-state index in [1.807, 2.05) is 7.05 Å². The van der Waals surface area contributed by atoms with Crippen LogP contribution in [0.25, 0.3) is 0 Å². The van der Waals surface area contributed by atoms with Gasteiger partial charge in [-0.15, -0.1) is 24.0 Å². The zero-order chi connectivity index (χ0) is 14.2. The lowest BCUT2D eigenvalue weighted by Gasteiger charge is -2.11. The standard InChI is InChI=1S/C14H31N3O2.HI/c1-4-5-6-9-16-14(15-2)17-10-7-8-11-19-13-12-18-3;/h4-13H2,1-3H3,(H2,15,16,17);1H. The van der Waals surface area contributed by atoms with Gasteiger partial charge in [-0.25, -0.2) is 0 Å². The van der Waals surface area contributed by atoms with E-state index in [1.165, 1.54) is 19.3 Å². The summed E-state index contributed by atoms with van der Waals surface area (Å²) < 4.78 is 10.3. The molecule has 0 radical (unpaired) electrons. The minimum atomic E-state index is 0. The maximum atomic E-state index is 5.40. The average Bonchev–Trinajstić information content (AvgIpc) is 2.44. The van der Waals surface area contributed by atoms with E-state index in [0.29, 0.717) is 13.2 Å². The van der Waals surface area contributed by atoms with Gasteiger partial charge in [0, 0.05) is 33.9 Å². The summed E-state index contributed by atoms with van der Waals surface area (Å²) >= 11 is 0. The van der Waals surface area contributed by atoms with Crippen LogP contribution in [-0.4, -0.2) is 53.0 Å². The van der Waals surface area contributed by atoms with Crippen molar-refractivity contribution in [1.29, 1.82) is 0 Å². The summed E-state index contributed by atoms with van der Waals surface area (Å²) in [6, 6.07) is 0. The number of halogens is 1. The van der Waals surface area contributed by atoms with Crippen LogP contribution in [0, 0.1) is 0 Å². The zero-order valence-electron chi connectivity index (χ0n) is 13.2. The molecule has 0 aromatic rings. The molecular formula is C14H32IN3O2. The fraction of sp³-hybridized carbons (Fsp3) is 0.929. The molecule has 0 unspecified atom stereocenters. The second-order valence-corrected chi connectivity index (χ2v) is 4.45. The molecule has 0 aliphatic rings. The van der Waals surface area contributed by atoms with Gasteiger partial charge in [-0.3, -0.25) is 4.99 Å². The number of methoxy groups -OCH3 is 1. The van der Waals surface area contributed by atoms with Crippen LogP contribution in [-0.2, 0) is 9.47 Å². The molecule has 6 heteroatoms. The number of nitrogens with one attached hydrogen (secondary N) is 2. The number of aliphatic imine (C=N–C) groups is 1. The first-order valence-electron chi connectivity index (χ1n) is 7.36. The fourth-order valence-corrected chi connectivity index (χ4v) is 1.58. The molecule has 0 aliphatic heterocycles. The lowest BCUT2D eigenvalue weighted by atomic mass is 10.2. The van der Waals surface area contributed by atoms with Gasteiger partial charge in [0.15, 0.2) is 5.96 Å². The summed E-state index contributed by atoms with van der Waals surface area (Å²) in [5, 5.41) is 6.62. The number of hydrogen-bond acceptors (Lipinski definition) is 3. The second-order valence-electron chi connectivity index (χ2n) is 4.45. The Morgan fingerprint density at radius 3 is 2.15 bits per heavy atom. The third-order valence-electron chi connectivity index (χ3n) is 2.74. The highest BCUT2D eigenvalue weighted by Crippen LogP contribution is 1.91. The molecule has 0 saturated carbocycles. The van der Waals surface area contributed by atoms with Crippen molar-refractivity contribution in [3.05, 3.63) is 0 Å². The smallest absolute Gasteiger partial charge is 0.190 e. The van der Waals surface area contributed by atoms with Crippen molar-refractivity contribution in [3.8, 4) is 0 Å². The highest BCUT2D eigenvalue weighted by molar-refractivity contribution is 14.0. The Labute approximate surface area is 141 Å². The molecule has 0 amide bonds. The minimum absolute atomic E-state index is 0. The Bertz CT molecular complexity index is 217. The van der Waals surface area contributed by atoms with Crippen LogP contribution < -0.4 is 10.6 Å². The van der Waals surface area contributed by atoms with Crippen molar-refractivity contribution in [2.45, 2.75) is 39.0 Å². The number of guanidine groups is 1. The molecule has 0 fully saturated rings. The molecule has 122 valence electrons. The Hall–Kier alpha value is -0.0800. The molecule has 5 nitrogen and oxygen atoms in total. The minimum Gasteiger partial charge on any atom is -0.382 e. The highest BCUT2D eigenvalue weighted by Gasteiger charge is 1.96. The summed E-state index contributed by atoms with van der Waals surface area (Å²) in [6.45, 7) is 6.29. The maximum Gasteiger partial charge on any atom is 0.190 e. The van der Waals surface area contributed by atoms with E-state index in [1.54, 1.807) is 7.11 Å². The monoisotopic (exact) mass is 401 g/mol. The van der Waals surface area contributed by atoms with Crippen LogP contribution in [0.4, 0.5) is 0 Å². The first kappa shape index (κ1) is 22.2. The summed E-state index contributed by atoms with van der Waals surface area (Å²) in [5.41, 5.74) is 0. The largest absolute Gasteiger partial charge is 0.382 e. The van der Waals surface area contributed by atoms with Gasteiger partial charge in [0.2, 0.25) is 0 Å². The van der Waals surface area contributed by atoms with E-state index in [9.17, 15) is 0 Å². The Balaban J connectivity index is 0. The van der Waals surface area contributed by atoms with Crippen molar-refractivity contribution >= 4 is 29.9 Å². The van der Waals surface area contributed by atoms with Crippen LogP contribution in [0.2, 0.25) is 0 Å². The zero-order valence-corrected chi connectivity index (χ0v) is 15.6. The Kier molecular flexibility index (Phi) is 21.0. The molecule has 0 spiro atoms. The molecule has 20 heavy (non-hydrogen) atoms. The van der Waals surface area contributed by atoms with E-state index in [-0.39, 0.29) is 24.0 Å². The predicted octanol–water partition coefficient (Wildman–Crippen LogP) is 2.40. The third-order valence-corrected chi connectivity index (χ3v) is 2.74. The summed E-state index contributed by atoms with van der Waals surface area (Å²) in [6.07, 6.45) is 5.86. The van der Waals surface area contributed by atoms with Gasteiger partial charge < -0.3 is 20.1 Å². The van der Waals surface area contributed by atoms with Crippen LogP contribution in [0.15, 0.2) is 4.99 Å². The normalized spacial score (nSPS) is 11.1. The molecule has 0 rings (SSSR count). The van der Waals surface area contributed by atoms with E-state index in [2.05, 4.69) is 22.5 Å². The average molecular weight is 401 g/mol. The maximum absolute atomic E-state index is 5.40. The molecule has 0 bridgehead atoms. The Morgan fingerprint density at radius 1 is 0.950 bits per heavy atom. The number of hydrogen-bond donors (Lipinski definition) is 2. The topological polar surface area (TPSA) is 54.9 Å². The van der Waals surface area contributed by atoms with Gasteiger partial charge in [-0.2, -0.15) is 0 Å². The molecule has 0 aromatic heterocycles. The second kappa shape index (κ2) is 18.9. The van der Waals surface area contributed by atoms with Crippen molar-refractivity contribution in [2.75, 3.05) is 47.1 Å². The molecular weight excluding hydrogens is 369 g/mol. The number of unbranched alkanes of at least 4 members (excludes halogenated alkanes) is 3. The molecule has 2 N–H and O–H groups in total. The van der Waals surface area contributed by atoms with Gasteiger partial charge in [0.1, 0.15) is 0 Å². The van der Waals surface area contributed by atoms with Gasteiger partial charge in [-0.1, -0.05) is 19.8 Å². The first-order chi connectivity index (χ1) is 9.35. The SMILES string of the molecule is CCCCCNC(=NC)NCCCCOCCOC.I. The van der Waals surface area contributed by atoms with Crippen molar-refractivity contribution in [1.82, 2.24) is 10.6 Å². The van der Waals surface area contributed by atoms with Gasteiger partial charge in [-0.05, 0) is 19.3 Å². The highest BCUT2D eigenvalue weighted by atomic mass is 127. The summed E-state index contributed by atoms with van der Waals surface area (Å²) in [5.74, 6) is 0.899. The number of rotatable bonds is 12. The van der Waals surface area contributed by atoms with E-state index >= 15 is 0 Å². The van der Waals surface area contributed by atoms with Gasteiger partial charge >= 0.3 is 0 Å². The summed E-state index contributed by atoms with van der Waals surface area (Å²) in [7, 11) is 3.50. The van der Waals surface area contributed by atoms with Crippen LogP contribution in [0.1, 0.15) is 39.0 Å². The Morgan fingerprint density at radius 2 is 1.60 bits per heavy atom. The molecule has 0 heterocycles. The lowest BCUT2D eigenvalue weighted by Crippen LogP contribution is -2.38. The van der Waals surface area contributed by atoms with E-state index in [0.717, 1.165) is 38.5 Å². The third kappa shape index (κ3) is 16.0. The fourth-order valence-electron chi connectivity index (χ4n) is 1.58. The molecule has 0 saturated heterocycles. The van der Waals surface area contributed by atoms with Crippen LogP contribution in [0.5, 0.6) is 0 Å².